The number of carbonyl (C=O) groups is 1. The summed E-state index contributed by atoms with van der Waals surface area (Å²) >= 11 is 0. The van der Waals surface area contributed by atoms with Crippen LogP contribution in [0.15, 0.2) is 24.3 Å². The Morgan fingerprint density at radius 2 is 1.84 bits per heavy atom. The van der Waals surface area contributed by atoms with E-state index in [1.165, 1.54) is 24.3 Å². The van der Waals surface area contributed by atoms with Crippen molar-refractivity contribution in [1.82, 2.24) is 0 Å². The molecule has 19 heavy (non-hydrogen) atoms. The summed E-state index contributed by atoms with van der Waals surface area (Å²) in [5.74, 6) is -1.68. The van der Waals surface area contributed by atoms with Crippen molar-refractivity contribution in [3.05, 3.63) is 30.1 Å². The Balaban J connectivity index is 2.48. The molecule has 0 aliphatic rings. The molecular formula is C12H17FN2O3S. The number of halogens is 1. The molecule has 1 aromatic carbocycles. The number of nitrogens with one attached hydrogen (secondary N) is 1. The lowest BCUT2D eigenvalue weighted by molar-refractivity contribution is -0.113. The molecule has 1 rings (SSSR count). The predicted molar refractivity (Wildman–Crippen MR) is 72.0 cm³/mol. The maximum absolute atomic E-state index is 12.6. The maximum Gasteiger partial charge on any atom is 0.239 e. The highest BCUT2D eigenvalue weighted by Gasteiger charge is 2.16. The number of anilines is 1. The van der Waals surface area contributed by atoms with Gasteiger partial charge in [0.15, 0.2) is 9.84 Å². The summed E-state index contributed by atoms with van der Waals surface area (Å²) in [4.78, 5) is 11.5. The molecule has 0 radical (unpaired) electrons. The van der Waals surface area contributed by atoms with Crippen LogP contribution in [-0.4, -0.2) is 32.4 Å². The minimum absolute atomic E-state index is 0.0545. The van der Waals surface area contributed by atoms with Gasteiger partial charge in [-0.3, -0.25) is 4.79 Å². The molecule has 0 fully saturated rings. The van der Waals surface area contributed by atoms with Gasteiger partial charge in [-0.05, 0) is 43.7 Å². The Morgan fingerprint density at radius 3 is 2.42 bits per heavy atom. The molecule has 3 N–H and O–H groups in total. The monoisotopic (exact) mass is 288 g/mol. The number of carbonyl (C=O) groups excluding carboxylic acids is 1. The molecule has 0 saturated heterocycles. The number of unbranched alkanes of at least 4 members (excludes halogenated alkanes) is 1. The van der Waals surface area contributed by atoms with Crippen LogP contribution in [-0.2, 0) is 14.6 Å². The molecule has 5 nitrogen and oxygen atoms in total. The highest BCUT2D eigenvalue weighted by atomic mass is 32.2. The van der Waals surface area contributed by atoms with Crippen LogP contribution in [0.3, 0.4) is 0 Å². The minimum atomic E-state index is -3.42. The predicted octanol–water partition coefficient (Wildman–Crippen LogP) is 0.918. The molecule has 0 aromatic heterocycles. The normalized spacial score (nSPS) is 11.3. The van der Waals surface area contributed by atoms with Crippen molar-refractivity contribution >= 4 is 21.4 Å². The first-order valence-electron chi connectivity index (χ1n) is 5.89. The van der Waals surface area contributed by atoms with Gasteiger partial charge in [-0.15, -0.1) is 0 Å². The van der Waals surface area contributed by atoms with Gasteiger partial charge in [0.2, 0.25) is 5.91 Å². The number of benzene rings is 1. The summed E-state index contributed by atoms with van der Waals surface area (Å²) in [6.07, 6.45) is 1.06. The first kappa shape index (κ1) is 15.6. The summed E-state index contributed by atoms with van der Waals surface area (Å²) in [6, 6.07) is 5.11. The molecular weight excluding hydrogens is 271 g/mol. The van der Waals surface area contributed by atoms with E-state index in [9.17, 15) is 17.6 Å². The van der Waals surface area contributed by atoms with Gasteiger partial charge >= 0.3 is 0 Å². The quantitative estimate of drug-likeness (QED) is 0.730. The Labute approximate surface area is 111 Å². The molecule has 106 valence electrons. The minimum Gasteiger partial charge on any atom is -0.330 e. The van der Waals surface area contributed by atoms with E-state index < -0.39 is 27.3 Å². The van der Waals surface area contributed by atoms with Crippen molar-refractivity contribution in [3.63, 3.8) is 0 Å². The summed E-state index contributed by atoms with van der Waals surface area (Å²) < 4.78 is 35.8. The van der Waals surface area contributed by atoms with Crippen molar-refractivity contribution < 1.29 is 17.6 Å². The average Bonchev–Trinajstić information content (AvgIpc) is 2.31. The number of sulfone groups is 1. The second-order valence-corrected chi connectivity index (χ2v) is 6.33. The van der Waals surface area contributed by atoms with Crippen molar-refractivity contribution in [1.29, 1.82) is 0 Å². The van der Waals surface area contributed by atoms with E-state index in [1.54, 1.807) is 0 Å². The number of amides is 1. The van der Waals surface area contributed by atoms with E-state index in [4.69, 9.17) is 5.73 Å². The lowest BCUT2D eigenvalue weighted by Crippen LogP contribution is -2.25. The van der Waals surface area contributed by atoms with E-state index in [0.29, 0.717) is 25.1 Å². The Kier molecular flexibility index (Phi) is 5.91. The molecule has 0 aliphatic carbocycles. The summed E-state index contributed by atoms with van der Waals surface area (Å²) in [5, 5.41) is 2.41. The third-order valence-electron chi connectivity index (χ3n) is 2.39. The fourth-order valence-corrected chi connectivity index (χ4v) is 2.73. The fraction of sp³-hybridized carbons (Fsp3) is 0.417. The number of rotatable bonds is 7. The largest absolute Gasteiger partial charge is 0.330 e. The number of nitrogens with two attached hydrogens (primary N) is 1. The standard InChI is InChI=1S/C12H17FN2O3S/c13-10-3-5-11(6-4-10)15-12(16)9-19(17,18)8-2-1-7-14/h3-6H,1-2,7-9,14H2,(H,15,16). The molecule has 0 unspecified atom stereocenters. The Hall–Kier alpha value is -1.47. The molecule has 1 aromatic rings. The number of hydrogen-bond acceptors (Lipinski definition) is 4. The molecule has 0 bridgehead atoms. The zero-order chi connectivity index (χ0) is 14.3. The zero-order valence-corrected chi connectivity index (χ0v) is 11.2. The van der Waals surface area contributed by atoms with Crippen molar-refractivity contribution in [2.75, 3.05) is 23.4 Å². The lowest BCUT2D eigenvalue weighted by atomic mass is 10.3. The average molecular weight is 288 g/mol. The van der Waals surface area contributed by atoms with Gasteiger partial charge in [-0.1, -0.05) is 0 Å². The van der Waals surface area contributed by atoms with E-state index in [1.807, 2.05) is 0 Å². The Bertz CT molecular complexity index is 514. The second kappa shape index (κ2) is 7.20. The van der Waals surface area contributed by atoms with Gasteiger partial charge in [-0.2, -0.15) is 0 Å². The van der Waals surface area contributed by atoms with Crippen LogP contribution < -0.4 is 11.1 Å². The zero-order valence-electron chi connectivity index (χ0n) is 10.4. The topological polar surface area (TPSA) is 89.3 Å². The Morgan fingerprint density at radius 1 is 1.21 bits per heavy atom. The summed E-state index contributed by atoms with van der Waals surface area (Å²) in [7, 11) is -3.42. The van der Waals surface area contributed by atoms with E-state index in [2.05, 4.69) is 5.32 Å². The molecule has 7 heteroatoms. The SMILES string of the molecule is NCCCCS(=O)(=O)CC(=O)Nc1ccc(F)cc1. The molecule has 0 saturated carbocycles. The highest BCUT2D eigenvalue weighted by Crippen LogP contribution is 2.08. The molecule has 1 amide bonds. The van der Waals surface area contributed by atoms with Crippen molar-refractivity contribution in [2.24, 2.45) is 5.73 Å². The van der Waals surface area contributed by atoms with Crippen LogP contribution in [0.5, 0.6) is 0 Å². The maximum atomic E-state index is 12.6. The molecule has 0 spiro atoms. The molecule has 0 atom stereocenters. The number of hydrogen-bond donors (Lipinski definition) is 2. The van der Waals surface area contributed by atoms with Crippen LogP contribution in [0.25, 0.3) is 0 Å². The molecule has 0 heterocycles. The smallest absolute Gasteiger partial charge is 0.239 e. The van der Waals surface area contributed by atoms with Crippen LogP contribution in [0.2, 0.25) is 0 Å². The van der Waals surface area contributed by atoms with Crippen LogP contribution in [0.1, 0.15) is 12.8 Å². The van der Waals surface area contributed by atoms with Gasteiger partial charge in [0, 0.05) is 5.69 Å². The van der Waals surface area contributed by atoms with Crippen LogP contribution >= 0.6 is 0 Å². The second-order valence-electron chi connectivity index (χ2n) is 4.14. The van der Waals surface area contributed by atoms with Crippen molar-refractivity contribution in [2.45, 2.75) is 12.8 Å². The van der Waals surface area contributed by atoms with E-state index in [0.717, 1.165) is 0 Å². The van der Waals surface area contributed by atoms with Gasteiger partial charge in [0.1, 0.15) is 11.6 Å². The summed E-state index contributed by atoms with van der Waals surface area (Å²) in [5.41, 5.74) is 5.63. The van der Waals surface area contributed by atoms with Gasteiger partial charge < -0.3 is 11.1 Å². The first-order valence-corrected chi connectivity index (χ1v) is 7.71. The highest BCUT2D eigenvalue weighted by molar-refractivity contribution is 7.92. The van der Waals surface area contributed by atoms with Crippen molar-refractivity contribution in [3.8, 4) is 0 Å². The fourth-order valence-electron chi connectivity index (χ4n) is 1.47. The van der Waals surface area contributed by atoms with Gasteiger partial charge in [0.05, 0.1) is 5.75 Å². The third kappa shape index (κ3) is 6.30. The summed E-state index contributed by atoms with van der Waals surface area (Å²) in [6.45, 7) is 0.428. The van der Waals surface area contributed by atoms with Gasteiger partial charge in [-0.25, -0.2) is 12.8 Å². The van der Waals surface area contributed by atoms with Crippen LogP contribution in [0.4, 0.5) is 10.1 Å². The molecule has 0 aliphatic heterocycles. The van der Waals surface area contributed by atoms with Crippen LogP contribution in [0, 0.1) is 5.82 Å². The van der Waals surface area contributed by atoms with E-state index in [-0.39, 0.29) is 5.75 Å². The first-order chi connectivity index (χ1) is 8.93. The van der Waals surface area contributed by atoms with E-state index >= 15 is 0 Å². The third-order valence-corrected chi connectivity index (χ3v) is 4.00. The van der Waals surface area contributed by atoms with Gasteiger partial charge in [0.25, 0.3) is 0 Å². The lowest BCUT2D eigenvalue weighted by Gasteiger charge is -2.06.